The van der Waals surface area contributed by atoms with Crippen molar-refractivity contribution in [3.8, 4) is 0 Å². The number of nitrogen functional groups attached to an aromatic ring is 1. The number of amides is 1. The average molecular weight is 341 g/mol. The van der Waals surface area contributed by atoms with Gasteiger partial charge in [-0.15, -0.1) is 0 Å². The predicted molar refractivity (Wildman–Crippen MR) is 83.6 cm³/mol. The standard InChI is InChI=1S/C15H21BrN2O2/c1-4-20-13-8-12(15(13,2)3)18-14(19)9-5-6-10(16)11(17)7-9/h5-7,12-13H,4,8,17H2,1-3H3,(H,18,19). The molecule has 0 aromatic heterocycles. The third-order valence-electron chi connectivity index (χ3n) is 4.11. The molecule has 2 atom stereocenters. The Hall–Kier alpha value is -1.07. The lowest BCUT2D eigenvalue weighted by molar-refractivity contribution is -0.111. The van der Waals surface area contributed by atoms with Crippen molar-refractivity contribution in [2.24, 2.45) is 5.41 Å². The lowest BCUT2D eigenvalue weighted by Crippen LogP contribution is -2.62. The third kappa shape index (κ3) is 2.83. The molecule has 1 fully saturated rings. The summed E-state index contributed by atoms with van der Waals surface area (Å²) in [4.78, 5) is 12.2. The summed E-state index contributed by atoms with van der Waals surface area (Å²) in [5, 5.41) is 3.07. The van der Waals surface area contributed by atoms with Crippen LogP contribution in [0.3, 0.4) is 0 Å². The van der Waals surface area contributed by atoms with E-state index in [0.29, 0.717) is 17.9 Å². The zero-order valence-corrected chi connectivity index (χ0v) is 13.7. The Bertz CT molecular complexity index is 517. The largest absolute Gasteiger partial charge is 0.398 e. The summed E-state index contributed by atoms with van der Waals surface area (Å²) in [7, 11) is 0. The van der Waals surface area contributed by atoms with Crippen LogP contribution < -0.4 is 11.1 Å². The fourth-order valence-corrected chi connectivity index (χ4v) is 2.79. The van der Waals surface area contributed by atoms with Gasteiger partial charge in [-0.1, -0.05) is 13.8 Å². The highest BCUT2D eigenvalue weighted by atomic mass is 79.9. The van der Waals surface area contributed by atoms with E-state index in [1.54, 1.807) is 18.2 Å². The van der Waals surface area contributed by atoms with Gasteiger partial charge in [0.2, 0.25) is 0 Å². The van der Waals surface area contributed by atoms with Gasteiger partial charge < -0.3 is 15.8 Å². The fourth-order valence-electron chi connectivity index (χ4n) is 2.54. The molecule has 2 rings (SSSR count). The number of hydrogen-bond donors (Lipinski definition) is 2. The second-order valence-corrected chi connectivity index (χ2v) is 6.62. The molecule has 5 heteroatoms. The van der Waals surface area contributed by atoms with Gasteiger partial charge in [0.05, 0.1) is 6.10 Å². The number of nitrogens with two attached hydrogens (primary N) is 1. The molecule has 1 amide bonds. The minimum atomic E-state index is -0.0859. The van der Waals surface area contributed by atoms with Gasteiger partial charge in [-0.05, 0) is 47.5 Å². The summed E-state index contributed by atoms with van der Waals surface area (Å²) in [5.41, 5.74) is 6.92. The van der Waals surface area contributed by atoms with E-state index in [-0.39, 0.29) is 23.5 Å². The highest BCUT2D eigenvalue weighted by Gasteiger charge is 2.49. The summed E-state index contributed by atoms with van der Waals surface area (Å²) >= 11 is 3.32. The molecule has 1 aliphatic rings. The molecule has 0 bridgehead atoms. The minimum absolute atomic E-state index is 0.0351. The topological polar surface area (TPSA) is 64.3 Å². The second kappa shape index (κ2) is 5.74. The quantitative estimate of drug-likeness (QED) is 0.828. The van der Waals surface area contributed by atoms with Crippen LogP contribution in [-0.2, 0) is 4.74 Å². The smallest absolute Gasteiger partial charge is 0.251 e. The number of nitrogens with one attached hydrogen (secondary N) is 1. The molecule has 1 aromatic carbocycles. The highest BCUT2D eigenvalue weighted by Crippen LogP contribution is 2.42. The van der Waals surface area contributed by atoms with Gasteiger partial charge in [0.25, 0.3) is 5.91 Å². The SMILES string of the molecule is CCOC1CC(NC(=O)c2ccc(Br)c(N)c2)C1(C)C. The number of hydrogen-bond acceptors (Lipinski definition) is 3. The molecule has 1 saturated carbocycles. The van der Waals surface area contributed by atoms with Crippen LogP contribution in [0.25, 0.3) is 0 Å². The first-order chi connectivity index (χ1) is 9.36. The predicted octanol–water partition coefficient (Wildman–Crippen LogP) is 2.96. The first-order valence-electron chi connectivity index (χ1n) is 6.83. The Kier molecular flexibility index (Phi) is 4.39. The van der Waals surface area contributed by atoms with Crippen LogP contribution >= 0.6 is 15.9 Å². The maximum absolute atomic E-state index is 12.2. The van der Waals surface area contributed by atoms with Crippen molar-refractivity contribution in [3.63, 3.8) is 0 Å². The molecule has 110 valence electrons. The van der Waals surface area contributed by atoms with Crippen molar-refractivity contribution in [2.75, 3.05) is 12.3 Å². The van der Waals surface area contributed by atoms with E-state index in [2.05, 4.69) is 35.1 Å². The molecule has 0 spiro atoms. The molecule has 20 heavy (non-hydrogen) atoms. The highest BCUT2D eigenvalue weighted by molar-refractivity contribution is 9.10. The van der Waals surface area contributed by atoms with Crippen LogP contribution in [0, 0.1) is 5.41 Å². The van der Waals surface area contributed by atoms with E-state index in [4.69, 9.17) is 10.5 Å². The molecule has 0 radical (unpaired) electrons. The first kappa shape index (κ1) is 15.3. The maximum Gasteiger partial charge on any atom is 0.251 e. The zero-order valence-electron chi connectivity index (χ0n) is 12.1. The van der Waals surface area contributed by atoms with Crippen molar-refractivity contribution in [3.05, 3.63) is 28.2 Å². The van der Waals surface area contributed by atoms with Gasteiger partial charge in [0, 0.05) is 33.8 Å². The van der Waals surface area contributed by atoms with Gasteiger partial charge in [-0.3, -0.25) is 4.79 Å². The molecule has 3 N–H and O–H groups in total. The Morgan fingerprint density at radius 1 is 1.55 bits per heavy atom. The van der Waals surface area contributed by atoms with Crippen LogP contribution in [0.1, 0.15) is 37.6 Å². The van der Waals surface area contributed by atoms with Crippen LogP contribution in [0.15, 0.2) is 22.7 Å². The molecule has 0 saturated heterocycles. The molecule has 1 aliphatic carbocycles. The molecule has 4 nitrogen and oxygen atoms in total. The zero-order chi connectivity index (χ0) is 14.9. The molecule has 0 heterocycles. The summed E-state index contributed by atoms with van der Waals surface area (Å²) in [6.45, 7) is 6.94. The number of carbonyl (C=O) groups excluding carboxylic acids is 1. The van der Waals surface area contributed by atoms with E-state index < -0.39 is 0 Å². The van der Waals surface area contributed by atoms with E-state index >= 15 is 0 Å². The van der Waals surface area contributed by atoms with E-state index in [0.717, 1.165) is 10.9 Å². The van der Waals surface area contributed by atoms with Crippen LogP contribution in [0.2, 0.25) is 0 Å². The second-order valence-electron chi connectivity index (χ2n) is 5.76. The number of benzene rings is 1. The summed E-state index contributed by atoms with van der Waals surface area (Å²) in [6, 6.07) is 5.38. The van der Waals surface area contributed by atoms with Gasteiger partial charge in [-0.25, -0.2) is 0 Å². The van der Waals surface area contributed by atoms with Gasteiger partial charge in [0.1, 0.15) is 0 Å². The Morgan fingerprint density at radius 2 is 2.25 bits per heavy atom. The van der Waals surface area contributed by atoms with Crippen molar-refractivity contribution >= 4 is 27.5 Å². The average Bonchev–Trinajstić information content (AvgIpc) is 2.40. The van der Waals surface area contributed by atoms with Gasteiger partial charge in [-0.2, -0.15) is 0 Å². The van der Waals surface area contributed by atoms with Crippen LogP contribution in [0.4, 0.5) is 5.69 Å². The fraction of sp³-hybridized carbons (Fsp3) is 0.533. The number of ether oxygens (including phenoxy) is 1. The number of carbonyl (C=O) groups is 1. The molecular formula is C15H21BrN2O2. The minimum Gasteiger partial charge on any atom is -0.398 e. The molecular weight excluding hydrogens is 320 g/mol. The van der Waals surface area contributed by atoms with Crippen LogP contribution in [-0.4, -0.2) is 24.7 Å². The number of halogens is 1. The van der Waals surface area contributed by atoms with E-state index in [9.17, 15) is 4.79 Å². The Morgan fingerprint density at radius 3 is 2.80 bits per heavy atom. The lowest BCUT2D eigenvalue weighted by atomic mass is 9.64. The third-order valence-corrected chi connectivity index (χ3v) is 4.83. The van der Waals surface area contributed by atoms with Crippen molar-refractivity contribution in [1.29, 1.82) is 0 Å². The van der Waals surface area contributed by atoms with Crippen molar-refractivity contribution < 1.29 is 9.53 Å². The van der Waals surface area contributed by atoms with Gasteiger partial charge in [0.15, 0.2) is 0 Å². The first-order valence-corrected chi connectivity index (χ1v) is 7.63. The molecule has 2 unspecified atom stereocenters. The molecule has 1 aromatic rings. The van der Waals surface area contributed by atoms with Crippen molar-refractivity contribution in [1.82, 2.24) is 5.32 Å². The number of anilines is 1. The summed E-state index contributed by atoms with van der Waals surface area (Å²) in [5.74, 6) is -0.0859. The van der Waals surface area contributed by atoms with E-state index in [1.165, 1.54) is 0 Å². The Labute approximate surface area is 128 Å². The summed E-state index contributed by atoms with van der Waals surface area (Å²) in [6.07, 6.45) is 1.08. The van der Waals surface area contributed by atoms with Crippen LogP contribution in [0.5, 0.6) is 0 Å². The van der Waals surface area contributed by atoms with Crippen molar-refractivity contribution in [2.45, 2.75) is 39.3 Å². The monoisotopic (exact) mass is 340 g/mol. The van der Waals surface area contributed by atoms with E-state index in [1.807, 2.05) is 6.92 Å². The van der Waals surface area contributed by atoms with Gasteiger partial charge >= 0.3 is 0 Å². The normalized spacial score (nSPS) is 24.0. The number of rotatable bonds is 4. The summed E-state index contributed by atoms with van der Waals surface area (Å²) < 4.78 is 6.47. The molecule has 0 aliphatic heterocycles. The lowest BCUT2D eigenvalue weighted by Gasteiger charge is -2.51. The Balaban J connectivity index is 2.01. The maximum atomic E-state index is 12.2.